The van der Waals surface area contributed by atoms with Crippen LogP contribution in [0.2, 0.25) is 0 Å². The van der Waals surface area contributed by atoms with Gasteiger partial charge in [-0.1, -0.05) is 87.0 Å². The highest BCUT2D eigenvalue weighted by molar-refractivity contribution is 5.68. The molecule has 0 atom stereocenters. The van der Waals surface area contributed by atoms with E-state index >= 15 is 0 Å². The van der Waals surface area contributed by atoms with Crippen LogP contribution in [0.1, 0.15) is 66.0 Å². The van der Waals surface area contributed by atoms with Crippen molar-refractivity contribution in [3.8, 4) is 22.6 Å². The summed E-state index contributed by atoms with van der Waals surface area (Å²) in [4.78, 5) is 7.67. The number of aromatic nitrogens is 2. The SMILES string of the molecule is CCCCn1c(-c2ccccc2)nc(-c2ccccc2)c1CN(CCC)CC/C=C(/C)C(OC(F)F)=C(C)C. The molecule has 0 saturated carbocycles. The minimum Gasteiger partial charge on any atom is -0.435 e. The number of rotatable bonds is 15. The number of benzene rings is 2. The fourth-order valence-corrected chi connectivity index (χ4v) is 4.89. The number of imidazole rings is 1. The fraction of sp³-hybridized carbons (Fsp3) is 0.424. The number of hydrogen-bond acceptors (Lipinski definition) is 3. The fourth-order valence-electron chi connectivity index (χ4n) is 4.89. The molecule has 0 radical (unpaired) electrons. The molecule has 0 aliphatic carbocycles. The molecule has 0 N–H and O–H groups in total. The molecule has 1 aromatic heterocycles. The van der Waals surface area contributed by atoms with E-state index in [0.29, 0.717) is 0 Å². The Morgan fingerprint density at radius 3 is 2.13 bits per heavy atom. The Morgan fingerprint density at radius 2 is 1.56 bits per heavy atom. The topological polar surface area (TPSA) is 30.3 Å². The average Bonchev–Trinajstić information content (AvgIpc) is 3.29. The number of allylic oxidation sites excluding steroid dienone is 2. The third-order valence-electron chi connectivity index (χ3n) is 6.72. The van der Waals surface area contributed by atoms with E-state index in [0.717, 1.165) is 85.7 Å². The normalized spacial score (nSPS) is 11.9. The van der Waals surface area contributed by atoms with Crippen LogP contribution in [0, 0.1) is 0 Å². The van der Waals surface area contributed by atoms with Crippen LogP contribution in [0.5, 0.6) is 0 Å². The standard InChI is InChI=1S/C33H43F2N3O/c1-6-8-23-38-29(24-37(21-7-2)22-15-16-26(5)31(25(3)4)39-33(34)35)30(27-17-11-9-12-18-27)36-32(38)28-19-13-10-14-20-28/h9-14,16-20,33H,6-8,15,21-24H2,1-5H3/b26-16-. The molecule has 1 heterocycles. The van der Waals surface area contributed by atoms with Crippen LogP contribution >= 0.6 is 0 Å². The van der Waals surface area contributed by atoms with Gasteiger partial charge >= 0.3 is 6.61 Å². The van der Waals surface area contributed by atoms with Crippen LogP contribution in [-0.4, -0.2) is 34.2 Å². The van der Waals surface area contributed by atoms with E-state index in [4.69, 9.17) is 9.72 Å². The van der Waals surface area contributed by atoms with E-state index in [1.54, 1.807) is 13.8 Å². The predicted octanol–water partition coefficient (Wildman–Crippen LogP) is 9.10. The van der Waals surface area contributed by atoms with Crippen LogP contribution in [0.25, 0.3) is 22.6 Å². The first kappa shape index (κ1) is 30.3. The first-order valence-corrected chi connectivity index (χ1v) is 14.1. The first-order valence-electron chi connectivity index (χ1n) is 14.1. The largest absolute Gasteiger partial charge is 0.435 e. The van der Waals surface area contributed by atoms with Crippen molar-refractivity contribution in [3.05, 3.63) is 89.3 Å². The second-order valence-electron chi connectivity index (χ2n) is 10.1. The van der Waals surface area contributed by atoms with Gasteiger partial charge in [0.1, 0.15) is 11.6 Å². The van der Waals surface area contributed by atoms with Gasteiger partial charge in [-0.2, -0.15) is 8.78 Å². The Morgan fingerprint density at radius 1 is 0.923 bits per heavy atom. The van der Waals surface area contributed by atoms with E-state index in [2.05, 4.69) is 71.8 Å². The molecule has 210 valence electrons. The molecule has 2 aromatic carbocycles. The van der Waals surface area contributed by atoms with Crippen molar-refractivity contribution < 1.29 is 13.5 Å². The second kappa shape index (κ2) is 15.4. The smallest absolute Gasteiger partial charge is 0.387 e. The lowest BCUT2D eigenvalue weighted by atomic mass is 10.1. The van der Waals surface area contributed by atoms with E-state index in [1.807, 2.05) is 25.1 Å². The molecule has 0 spiro atoms. The lowest BCUT2D eigenvalue weighted by molar-refractivity contribution is -0.0942. The van der Waals surface area contributed by atoms with Crippen LogP contribution in [0.15, 0.2) is 83.6 Å². The van der Waals surface area contributed by atoms with Gasteiger partial charge < -0.3 is 9.30 Å². The van der Waals surface area contributed by atoms with E-state index in [9.17, 15) is 8.78 Å². The van der Waals surface area contributed by atoms with Gasteiger partial charge in [0.05, 0.1) is 11.4 Å². The number of halogens is 2. The summed E-state index contributed by atoms with van der Waals surface area (Å²) in [5, 5.41) is 0. The molecule has 0 amide bonds. The molecule has 0 fully saturated rings. The maximum Gasteiger partial charge on any atom is 0.387 e. The monoisotopic (exact) mass is 535 g/mol. The lowest BCUT2D eigenvalue weighted by Gasteiger charge is -2.23. The highest BCUT2D eigenvalue weighted by atomic mass is 19.3. The van der Waals surface area contributed by atoms with Crippen LogP contribution in [-0.2, 0) is 17.8 Å². The van der Waals surface area contributed by atoms with Gasteiger partial charge in [0.15, 0.2) is 0 Å². The van der Waals surface area contributed by atoms with Crippen molar-refractivity contribution in [1.82, 2.24) is 14.5 Å². The molecule has 0 aliphatic heterocycles. The maximum atomic E-state index is 12.9. The van der Waals surface area contributed by atoms with E-state index in [1.165, 1.54) is 5.69 Å². The zero-order valence-corrected chi connectivity index (χ0v) is 24.1. The Hall–Kier alpha value is -3.25. The minimum atomic E-state index is -2.83. The average molecular weight is 536 g/mol. The quantitative estimate of drug-likeness (QED) is 0.144. The molecule has 0 unspecified atom stereocenters. The third kappa shape index (κ3) is 8.62. The van der Waals surface area contributed by atoms with Gasteiger partial charge in [-0.3, -0.25) is 4.90 Å². The van der Waals surface area contributed by atoms with Gasteiger partial charge in [0.25, 0.3) is 0 Å². The summed E-state index contributed by atoms with van der Waals surface area (Å²) in [6.07, 6.45) is 5.94. The molecule has 0 saturated heterocycles. The molecule has 3 rings (SSSR count). The Labute approximate surface area is 233 Å². The van der Waals surface area contributed by atoms with Crippen molar-refractivity contribution in [2.24, 2.45) is 0 Å². The Bertz CT molecular complexity index is 1210. The van der Waals surface area contributed by atoms with Crippen molar-refractivity contribution >= 4 is 0 Å². The minimum absolute atomic E-state index is 0.281. The molecule has 0 aliphatic rings. The molecular weight excluding hydrogens is 492 g/mol. The van der Waals surface area contributed by atoms with Crippen LogP contribution in [0.4, 0.5) is 8.78 Å². The lowest BCUT2D eigenvalue weighted by Crippen LogP contribution is -2.27. The Kier molecular flexibility index (Phi) is 11.9. The molecule has 3 aromatic rings. The van der Waals surface area contributed by atoms with E-state index < -0.39 is 6.61 Å². The number of unbranched alkanes of at least 4 members (excludes halogenated alkanes) is 1. The molecule has 4 nitrogen and oxygen atoms in total. The zero-order valence-electron chi connectivity index (χ0n) is 24.1. The molecular formula is C33H43F2N3O. The molecule has 6 heteroatoms. The molecule has 39 heavy (non-hydrogen) atoms. The third-order valence-corrected chi connectivity index (χ3v) is 6.72. The van der Waals surface area contributed by atoms with Gasteiger partial charge in [-0.15, -0.1) is 0 Å². The van der Waals surface area contributed by atoms with Crippen molar-refractivity contribution in [1.29, 1.82) is 0 Å². The number of alkyl halides is 2. The molecule has 0 bridgehead atoms. The van der Waals surface area contributed by atoms with Gasteiger partial charge in [-0.25, -0.2) is 4.98 Å². The number of ether oxygens (including phenoxy) is 1. The number of hydrogen-bond donors (Lipinski definition) is 0. The first-order chi connectivity index (χ1) is 18.8. The van der Waals surface area contributed by atoms with Crippen molar-refractivity contribution in [3.63, 3.8) is 0 Å². The van der Waals surface area contributed by atoms with Crippen molar-refractivity contribution in [2.45, 2.75) is 80.0 Å². The summed E-state index contributed by atoms with van der Waals surface area (Å²) in [6.45, 7) is 10.4. The summed E-state index contributed by atoms with van der Waals surface area (Å²) in [5.74, 6) is 1.28. The summed E-state index contributed by atoms with van der Waals surface area (Å²) in [6, 6.07) is 20.8. The highest BCUT2D eigenvalue weighted by Crippen LogP contribution is 2.31. The van der Waals surface area contributed by atoms with Gasteiger partial charge in [0.2, 0.25) is 0 Å². The van der Waals surface area contributed by atoms with Crippen molar-refractivity contribution in [2.75, 3.05) is 13.1 Å². The summed E-state index contributed by atoms with van der Waals surface area (Å²) < 4.78 is 33.0. The summed E-state index contributed by atoms with van der Waals surface area (Å²) in [7, 11) is 0. The Balaban J connectivity index is 1.96. The summed E-state index contributed by atoms with van der Waals surface area (Å²) >= 11 is 0. The summed E-state index contributed by atoms with van der Waals surface area (Å²) in [5.41, 5.74) is 5.96. The highest BCUT2D eigenvalue weighted by Gasteiger charge is 2.21. The predicted molar refractivity (Wildman–Crippen MR) is 157 cm³/mol. The zero-order chi connectivity index (χ0) is 28.2. The van der Waals surface area contributed by atoms with Crippen LogP contribution < -0.4 is 0 Å². The maximum absolute atomic E-state index is 12.9. The number of nitrogens with zero attached hydrogens (tertiary/aromatic N) is 3. The van der Waals surface area contributed by atoms with Gasteiger partial charge in [0, 0.05) is 30.8 Å². The van der Waals surface area contributed by atoms with Gasteiger partial charge in [-0.05, 0) is 57.7 Å². The van der Waals surface area contributed by atoms with E-state index in [-0.39, 0.29) is 5.76 Å². The van der Waals surface area contributed by atoms with Crippen LogP contribution in [0.3, 0.4) is 0 Å². The second-order valence-corrected chi connectivity index (χ2v) is 10.1.